The van der Waals surface area contributed by atoms with Gasteiger partial charge in [0.2, 0.25) is 0 Å². The Morgan fingerprint density at radius 3 is 1.63 bits per heavy atom. The lowest BCUT2D eigenvalue weighted by molar-refractivity contribution is 1.47. The lowest BCUT2D eigenvalue weighted by Crippen LogP contribution is -1.91. The molecule has 5 nitrogen and oxygen atoms in total. The van der Waals surface area contributed by atoms with Gasteiger partial charge in [0.15, 0.2) is 0 Å². The number of nitrogen functional groups attached to an aromatic ring is 5. The molecule has 0 heterocycles. The summed E-state index contributed by atoms with van der Waals surface area (Å²) in [7, 11) is 0. The third kappa shape index (κ3) is 7.02. The van der Waals surface area contributed by atoms with Gasteiger partial charge in [-0.2, -0.15) is 0 Å². The Bertz CT molecular complexity index is 1110. The summed E-state index contributed by atoms with van der Waals surface area (Å²) in [6.07, 6.45) is 0. The molecule has 0 unspecified atom stereocenters. The summed E-state index contributed by atoms with van der Waals surface area (Å²) in [4.78, 5) is 1.76. The van der Waals surface area contributed by atoms with Crippen LogP contribution in [0.2, 0.25) is 0 Å². The fraction of sp³-hybridized carbons (Fsp3) is 0.0435. The van der Waals surface area contributed by atoms with Crippen molar-refractivity contribution < 1.29 is 0 Å². The molecule has 0 aliphatic rings. The molecule has 0 aliphatic carbocycles. The van der Waals surface area contributed by atoms with Gasteiger partial charge < -0.3 is 28.7 Å². The molecule has 4 rings (SSSR count). The van der Waals surface area contributed by atoms with Gasteiger partial charge >= 0.3 is 0 Å². The van der Waals surface area contributed by atoms with Crippen molar-refractivity contribution in [3.63, 3.8) is 0 Å². The molecule has 0 fully saturated rings. The van der Waals surface area contributed by atoms with Gasteiger partial charge in [-0.05, 0) is 90.0 Å². The highest BCUT2D eigenvalue weighted by atomic mass is 32.1. The maximum atomic E-state index is 5.73. The maximum Gasteiger partial charge on any atom is 0.0456 e. The molecule has 156 valence electrons. The average Bonchev–Trinajstić information content (AvgIpc) is 2.69. The standard InChI is InChI=1S/C10H9NS2.C7H10N2.C6H8N2/c11-9-4-6-1-2-8(12)3-7(6)5-10(9)13;1-5-4-6(8)2-3-7(5)9;7-5-1-2-6(8)4-3-5/h1-5,12-13H,11H2;2-4H,8-9H2,1H3;1-4H,7-8H2. The minimum Gasteiger partial charge on any atom is -0.399 e. The first-order valence-electron chi connectivity index (χ1n) is 9.09. The predicted octanol–water partition coefficient (Wildman–Crippen LogP) is 5.01. The largest absolute Gasteiger partial charge is 0.399 e. The van der Waals surface area contributed by atoms with E-state index in [4.69, 9.17) is 28.7 Å². The van der Waals surface area contributed by atoms with E-state index in [1.54, 1.807) is 30.3 Å². The van der Waals surface area contributed by atoms with Crippen LogP contribution < -0.4 is 28.7 Å². The minimum atomic E-state index is 0.711. The van der Waals surface area contributed by atoms with Crippen LogP contribution in [0.1, 0.15) is 5.56 Å². The first-order chi connectivity index (χ1) is 14.2. The summed E-state index contributed by atoms with van der Waals surface area (Å²) >= 11 is 8.52. The molecule has 30 heavy (non-hydrogen) atoms. The van der Waals surface area contributed by atoms with Crippen LogP contribution in [0.5, 0.6) is 0 Å². The van der Waals surface area contributed by atoms with Gasteiger partial charge in [-0.3, -0.25) is 0 Å². The van der Waals surface area contributed by atoms with Crippen LogP contribution >= 0.6 is 25.3 Å². The van der Waals surface area contributed by atoms with E-state index < -0.39 is 0 Å². The topological polar surface area (TPSA) is 130 Å². The van der Waals surface area contributed by atoms with Gasteiger partial charge in [0.05, 0.1) is 0 Å². The summed E-state index contributed by atoms with van der Waals surface area (Å²) in [5.74, 6) is 0. The van der Waals surface area contributed by atoms with Crippen molar-refractivity contribution in [2.24, 2.45) is 0 Å². The van der Waals surface area contributed by atoms with E-state index in [0.29, 0.717) is 5.69 Å². The van der Waals surface area contributed by atoms with Crippen molar-refractivity contribution in [1.29, 1.82) is 0 Å². The molecule has 0 radical (unpaired) electrons. The van der Waals surface area contributed by atoms with E-state index in [1.807, 2.05) is 49.4 Å². The number of nitrogens with two attached hydrogens (primary N) is 5. The van der Waals surface area contributed by atoms with E-state index >= 15 is 0 Å². The first kappa shape index (κ1) is 23.1. The summed E-state index contributed by atoms with van der Waals surface area (Å²) in [6, 6.07) is 22.4. The van der Waals surface area contributed by atoms with Gasteiger partial charge in [-0.1, -0.05) is 6.07 Å². The van der Waals surface area contributed by atoms with Crippen LogP contribution in [0.3, 0.4) is 0 Å². The number of fused-ring (bicyclic) bond motifs is 1. The van der Waals surface area contributed by atoms with Gasteiger partial charge in [-0.25, -0.2) is 0 Å². The van der Waals surface area contributed by atoms with E-state index in [0.717, 1.165) is 48.9 Å². The third-order valence-corrected chi connectivity index (χ3v) is 4.87. The van der Waals surface area contributed by atoms with Crippen LogP contribution in [0.4, 0.5) is 28.4 Å². The van der Waals surface area contributed by atoms with Crippen molar-refractivity contribution in [3.05, 3.63) is 78.4 Å². The number of hydrogen-bond donors (Lipinski definition) is 7. The molecule has 7 heteroatoms. The van der Waals surface area contributed by atoms with Crippen molar-refractivity contribution >= 4 is 64.5 Å². The van der Waals surface area contributed by atoms with Crippen molar-refractivity contribution in [3.8, 4) is 0 Å². The lowest BCUT2D eigenvalue weighted by Gasteiger charge is -2.03. The van der Waals surface area contributed by atoms with Crippen LogP contribution in [0.15, 0.2) is 82.6 Å². The molecule has 0 amide bonds. The molecule has 0 aliphatic heterocycles. The quantitative estimate of drug-likeness (QED) is 0.154. The fourth-order valence-corrected chi connectivity index (χ4v) is 2.90. The molecule has 10 N–H and O–H groups in total. The highest BCUT2D eigenvalue weighted by molar-refractivity contribution is 7.80. The van der Waals surface area contributed by atoms with Gasteiger partial charge in [0, 0.05) is 38.2 Å². The number of aryl methyl sites for hydroxylation is 1. The second-order valence-corrected chi connectivity index (χ2v) is 7.72. The molecule has 4 aromatic carbocycles. The molecule has 4 aromatic rings. The second-order valence-electron chi connectivity index (χ2n) is 6.73. The van der Waals surface area contributed by atoms with Crippen molar-refractivity contribution in [1.82, 2.24) is 0 Å². The highest BCUT2D eigenvalue weighted by Crippen LogP contribution is 2.26. The summed E-state index contributed by atoms with van der Waals surface area (Å²) in [5.41, 5.74) is 32.3. The molecule has 0 saturated heterocycles. The summed E-state index contributed by atoms with van der Waals surface area (Å²) in [5, 5.41) is 2.24. The summed E-state index contributed by atoms with van der Waals surface area (Å²) in [6.45, 7) is 1.94. The second kappa shape index (κ2) is 10.6. The zero-order valence-electron chi connectivity index (χ0n) is 16.7. The predicted molar refractivity (Wildman–Crippen MR) is 138 cm³/mol. The smallest absolute Gasteiger partial charge is 0.0456 e. The Balaban J connectivity index is 0.000000167. The monoisotopic (exact) mass is 437 g/mol. The Morgan fingerprint density at radius 2 is 1.10 bits per heavy atom. The number of rotatable bonds is 0. The molecule has 0 saturated carbocycles. The molecule has 0 bridgehead atoms. The molecule has 0 atom stereocenters. The maximum absolute atomic E-state index is 5.73. The van der Waals surface area contributed by atoms with Crippen LogP contribution in [0.25, 0.3) is 10.8 Å². The Kier molecular flexibility index (Phi) is 8.15. The number of hydrogen-bond acceptors (Lipinski definition) is 7. The van der Waals surface area contributed by atoms with E-state index in [2.05, 4.69) is 25.3 Å². The zero-order valence-corrected chi connectivity index (χ0v) is 18.5. The minimum absolute atomic E-state index is 0.711. The number of thiol groups is 2. The summed E-state index contributed by atoms with van der Waals surface area (Å²) < 4.78 is 0. The van der Waals surface area contributed by atoms with E-state index in [9.17, 15) is 0 Å². The van der Waals surface area contributed by atoms with Crippen LogP contribution in [-0.4, -0.2) is 0 Å². The number of anilines is 5. The third-order valence-electron chi connectivity index (χ3n) is 4.20. The van der Waals surface area contributed by atoms with Gasteiger partial charge in [0.25, 0.3) is 0 Å². The van der Waals surface area contributed by atoms with E-state index in [1.165, 1.54) is 0 Å². The van der Waals surface area contributed by atoms with Crippen molar-refractivity contribution in [2.45, 2.75) is 16.7 Å². The molecular weight excluding hydrogens is 410 g/mol. The lowest BCUT2D eigenvalue weighted by atomic mass is 10.1. The fourth-order valence-electron chi connectivity index (χ4n) is 2.49. The number of benzene rings is 4. The average molecular weight is 438 g/mol. The Morgan fingerprint density at radius 1 is 0.533 bits per heavy atom. The molecular formula is C23H27N5S2. The SMILES string of the molecule is Cc1cc(N)ccc1N.Nc1cc2ccc(S)cc2cc1S.Nc1ccc(N)cc1. The normalized spacial score (nSPS) is 9.83. The molecule has 0 aromatic heterocycles. The van der Waals surface area contributed by atoms with Gasteiger partial charge in [-0.15, -0.1) is 25.3 Å². The van der Waals surface area contributed by atoms with Gasteiger partial charge in [0.1, 0.15) is 0 Å². The van der Waals surface area contributed by atoms with Crippen LogP contribution in [0, 0.1) is 6.92 Å². The Labute approximate surface area is 188 Å². The Hall–Kier alpha value is -3.16. The first-order valence-corrected chi connectivity index (χ1v) is 9.99. The molecule has 0 spiro atoms. The van der Waals surface area contributed by atoms with Crippen molar-refractivity contribution in [2.75, 3.05) is 28.7 Å². The zero-order chi connectivity index (χ0) is 22.3. The van der Waals surface area contributed by atoms with Crippen LogP contribution in [-0.2, 0) is 0 Å². The highest BCUT2D eigenvalue weighted by Gasteiger charge is 1.98. The van der Waals surface area contributed by atoms with E-state index in [-0.39, 0.29) is 0 Å².